The summed E-state index contributed by atoms with van der Waals surface area (Å²) in [6.45, 7) is 9.57. The predicted octanol–water partition coefficient (Wildman–Crippen LogP) is 4.05. The smallest absolute Gasteiger partial charge is 0.320 e. The van der Waals surface area contributed by atoms with Crippen LogP contribution in [0.15, 0.2) is 0 Å². The molecule has 0 N–H and O–H groups in total. The van der Waals surface area contributed by atoms with Crippen LogP contribution in [0.4, 0.5) is 0 Å². The fourth-order valence-corrected chi connectivity index (χ4v) is 6.82. The van der Waals surface area contributed by atoms with Crippen LogP contribution in [-0.2, 0) is 13.7 Å². The Morgan fingerprint density at radius 1 is 1.27 bits per heavy atom. The van der Waals surface area contributed by atoms with Gasteiger partial charge in [-0.05, 0) is 25.3 Å². The van der Waals surface area contributed by atoms with E-state index in [4.69, 9.17) is 4.52 Å². The van der Waals surface area contributed by atoms with Gasteiger partial charge in [0.1, 0.15) is 7.14 Å². The van der Waals surface area contributed by atoms with Crippen LogP contribution in [0.3, 0.4) is 0 Å². The largest absolute Gasteiger partial charge is 0.515 e. The Labute approximate surface area is 93.2 Å². The molecule has 0 spiro atoms. The van der Waals surface area contributed by atoms with Gasteiger partial charge in [-0.1, -0.05) is 13.8 Å². The molecule has 5 heteroatoms. The number of hydrogen-bond donors (Lipinski definition) is 0. The van der Waals surface area contributed by atoms with Crippen molar-refractivity contribution in [3.63, 3.8) is 0 Å². The summed E-state index contributed by atoms with van der Waals surface area (Å²) in [6.07, 6.45) is 1.88. The van der Waals surface area contributed by atoms with Crippen LogP contribution >= 0.6 is 15.2 Å². The minimum atomic E-state index is -2.36. The summed E-state index contributed by atoms with van der Waals surface area (Å²) in [5.74, 6) is 0. The minimum Gasteiger partial charge on any atom is -0.320 e. The van der Waals surface area contributed by atoms with Crippen LogP contribution in [0.1, 0.15) is 41.0 Å². The van der Waals surface area contributed by atoms with Crippen LogP contribution in [0.5, 0.6) is 0 Å². The first-order chi connectivity index (χ1) is 6.71. The molecule has 1 rings (SSSR count). The van der Waals surface area contributed by atoms with Gasteiger partial charge in [-0.25, -0.2) is 0 Å². The average molecular weight is 251 g/mol. The van der Waals surface area contributed by atoms with E-state index in [9.17, 15) is 9.13 Å². The van der Waals surface area contributed by atoms with Crippen molar-refractivity contribution in [3.05, 3.63) is 0 Å². The van der Waals surface area contributed by atoms with Crippen LogP contribution in [0.25, 0.3) is 0 Å². The van der Waals surface area contributed by atoms with Crippen molar-refractivity contribution in [2.24, 2.45) is 0 Å². The molecular weight excluding hydrogens is 230 g/mol. The molecule has 0 aromatic heterocycles. The van der Waals surface area contributed by atoms with Gasteiger partial charge in [0, 0.05) is 18.7 Å². The summed E-state index contributed by atoms with van der Waals surface area (Å²) in [6, 6.07) is 0. The highest BCUT2D eigenvalue weighted by atomic mass is 31.2. The van der Waals surface area contributed by atoms with Crippen molar-refractivity contribution in [2.75, 3.05) is 12.3 Å². The maximum absolute atomic E-state index is 12.7. The normalized spacial score (nSPS) is 33.3. The quantitative estimate of drug-likeness (QED) is 0.711. The van der Waals surface area contributed by atoms with Crippen molar-refractivity contribution < 1.29 is 13.7 Å². The van der Waals surface area contributed by atoms with Gasteiger partial charge >= 0.3 is 8.03 Å². The Kier molecular flexibility index (Phi) is 3.51. The SMILES string of the molecule is CCP(=O)(CC)C1(C)CC(C)(C)[P+](=O)O1. The number of hydrogen-bond acceptors (Lipinski definition) is 3. The molecule has 15 heavy (non-hydrogen) atoms. The topological polar surface area (TPSA) is 43.4 Å². The highest BCUT2D eigenvalue weighted by Gasteiger charge is 2.64. The lowest BCUT2D eigenvalue weighted by Crippen LogP contribution is -2.28. The summed E-state index contributed by atoms with van der Waals surface area (Å²) >= 11 is 0. The second kappa shape index (κ2) is 3.95. The average Bonchev–Trinajstić information content (AvgIpc) is 2.35. The van der Waals surface area contributed by atoms with Crippen LogP contribution < -0.4 is 0 Å². The fourth-order valence-electron chi connectivity index (χ4n) is 2.31. The monoisotopic (exact) mass is 251 g/mol. The molecule has 88 valence electrons. The van der Waals surface area contributed by atoms with Gasteiger partial charge in [-0.2, -0.15) is 0 Å². The molecule has 0 bridgehead atoms. The van der Waals surface area contributed by atoms with E-state index in [1.807, 2.05) is 34.6 Å². The Bertz CT molecular complexity index is 317. The van der Waals surface area contributed by atoms with E-state index < -0.39 is 20.5 Å². The van der Waals surface area contributed by atoms with E-state index in [2.05, 4.69) is 0 Å². The Balaban J connectivity index is 3.07. The summed E-state index contributed by atoms with van der Waals surface area (Å²) < 4.78 is 30.0. The van der Waals surface area contributed by atoms with Gasteiger partial charge in [-0.15, -0.1) is 4.52 Å². The second-order valence-electron chi connectivity index (χ2n) is 5.03. The van der Waals surface area contributed by atoms with Crippen molar-refractivity contribution in [2.45, 2.75) is 51.5 Å². The Morgan fingerprint density at radius 2 is 1.73 bits per heavy atom. The Morgan fingerprint density at radius 3 is 2.00 bits per heavy atom. The molecule has 1 fully saturated rings. The van der Waals surface area contributed by atoms with E-state index in [-0.39, 0.29) is 5.16 Å². The Hall–Kier alpha value is 0.290. The van der Waals surface area contributed by atoms with Crippen LogP contribution in [0.2, 0.25) is 0 Å². The van der Waals surface area contributed by atoms with E-state index in [0.717, 1.165) is 0 Å². The standard InChI is InChI=1S/C10H21O3P2/c1-6-15(12,7-2)10(5)8-9(3,4)14(11)13-10/h6-8H2,1-5H3/q+1. The lowest BCUT2D eigenvalue weighted by atomic mass is 10.1. The molecule has 1 aliphatic rings. The third kappa shape index (κ3) is 2.07. The molecule has 0 radical (unpaired) electrons. The molecule has 2 unspecified atom stereocenters. The maximum atomic E-state index is 12.7. The van der Waals surface area contributed by atoms with Crippen LogP contribution in [-0.4, -0.2) is 22.8 Å². The van der Waals surface area contributed by atoms with Crippen molar-refractivity contribution in [1.29, 1.82) is 0 Å². The molecule has 0 saturated carbocycles. The maximum Gasteiger partial charge on any atom is 0.515 e. The van der Waals surface area contributed by atoms with Crippen molar-refractivity contribution in [1.82, 2.24) is 0 Å². The highest BCUT2D eigenvalue weighted by molar-refractivity contribution is 7.65. The zero-order chi connectivity index (χ0) is 11.9. The van der Waals surface area contributed by atoms with E-state index in [1.165, 1.54) is 0 Å². The third-order valence-electron chi connectivity index (χ3n) is 3.42. The van der Waals surface area contributed by atoms with Gasteiger partial charge in [0.2, 0.25) is 0 Å². The fraction of sp³-hybridized carbons (Fsp3) is 1.00. The molecule has 0 amide bonds. The summed E-state index contributed by atoms with van der Waals surface area (Å²) in [4.78, 5) is 0. The van der Waals surface area contributed by atoms with Crippen molar-refractivity contribution in [3.8, 4) is 0 Å². The second-order valence-corrected chi connectivity index (χ2v) is 10.9. The highest BCUT2D eigenvalue weighted by Crippen LogP contribution is 2.70. The van der Waals surface area contributed by atoms with Gasteiger partial charge in [-0.3, -0.25) is 0 Å². The zero-order valence-corrected chi connectivity index (χ0v) is 12.0. The molecule has 0 aromatic carbocycles. The third-order valence-corrected chi connectivity index (χ3v) is 9.29. The summed E-state index contributed by atoms with van der Waals surface area (Å²) in [5.41, 5.74) is 0. The first-order valence-electron chi connectivity index (χ1n) is 5.45. The predicted molar refractivity (Wildman–Crippen MR) is 64.5 cm³/mol. The van der Waals surface area contributed by atoms with Gasteiger partial charge in [0.05, 0.1) is 0 Å². The minimum absolute atomic E-state index is 0.343. The van der Waals surface area contributed by atoms with Crippen LogP contribution in [0, 0.1) is 0 Å². The molecule has 1 heterocycles. The van der Waals surface area contributed by atoms with Gasteiger partial charge < -0.3 is 4.57 Å². The van der Waals surface area contributed by atoms with E-state index in [1.54, 1.807) is 0 Å². The lowest BCUT2D eigenvalue weighted by Gasteiger charge is -2.28. The zero-order valence-electron chi connectivity index (χ0n) is 10.2. The molecular formula is C10H21O3P2+. The molecule has 1 aliphatic heterocycles. The molecule has 1 saturated heterocycles. The van der Waals surface area contributed by atoms with E-state index >= 15 is 0 Å². The van der Waals surface area contributed by atoms with Crippen molar-refractivity contribution >= 4 is 15.2 Å². The molecule has 3 nitrogen and oxygen atoms in total. The molecule has 0 aliphatic carbocycles. The first-order valence-corrected chi connectivity index (χ1v) is 8.71. The first kappa shape index (κ1) is 13.4. The number of rotatable bonds is 3. The van der Waals surface area contributed by atoms with Gasteiger partial charge in [0.15, 0.2) is 10.5 Å². The summed E-state index contributed by atoms with van der Waals surface area (Å²) in [5, 5.41) is -1.02. The summed E-state index contributed by atoms with van der Waals surface area (Å²) in [7, 11) is -4.06. The molecule has 2 atom stereocenters. The van der Waals surface area contributed by atoms with E-state index in [0.29, 0.717) is 18.7 Å². The lowest BCUT2D eigenvalue weighted by molar-refractivity contribution is 0.203. The molecule has 0 aromatic rings. The van der Waals surface area contributed by atoms with Gasteiger partial charge in [0.25, 0.3) is 0 Å².